The number of nitrogens with zero attached hydrogens (tertiary/aromatic N) is 1. The van der Waals surface area contributed by atoms with E-state index < -0.39 is 29.5 Å². The molecular weight excluding hydrogens is 243 g/mol. The van der Waals surface area contributed by atoms with Gasteiger partial charge in [0.1, 0.15) is 0 Å². The molecular formula is C11H13FN2O4. The number of hydrogen-bond acceptors (Lipinski definition) is 4. The van der Waals surface area contributed by atoms with E-state index in [1.165, 1.54) is 6.08 Å². The van der Waals surface area contributed by atoms with Gasteiger partial charge in [-0.15, -0.1) is 0 Å². The van der Waals surface area contributed by atoms with Crippen LogP contribution in [-0.4, -0.2) is 45.8 Å². The van der Waals surface area contributed by atoms with Crippen molar-refractivity contribution in [1.82, 2.24) is 10.2 Å². The molecule has 6 nitrogen and oxygen atoms in total. The fourth-order valence-electron chi connectivity index (χ4n) is 2.28. The predicted octanol–water partition coefficient (Wildman–Crippen LogP) is 0.144. The molecule has 1 saturated heterocycles. The summed E-state index contributed by atoms with van der Waals surface area (Å²) >= 11 is 0. The maximum atomic E-state index is 13.7. The monoisotopic (exact) mass is 256 g/mol. The summed E-state index contributed by atoms with van der Waals surface area (Å²) in [5.41, 5.74) is -1.69. The van der Waals surface area contributed by atoms with Gasteiger partial charge in [-0.05, 0) is 6.08 Å². The van der Waals surface area contributed by atoms with E-state index in [2.05, 4.69) is 5.32 Å². The molecule has 1 fully saturated rings. The molecule has 0 amide bonds. The van der Waals surface area contributed by atoms with E-state index >= 15 is 0 Å². The summed E-state index contributed by atoms with van der Waals surface area (Å²) in [5.74, 6) is -3.87. The van der Waals surface area contributed by atoms with Crippen molar-refractivity contribution in [3.8, 4) is 0 Å². The predicted molar refractivity (Wildman–Crippen MR) is 59.1 cm³/mol. The number of hydrogen-bond donors (Lipinski definition) is 3. The Hall–Kier alpha value is -1.89. The minimum Gasteiger partial charge on any atom is -0.481 e. The fraction of sp³-hybridized carbons (Fsp3) is 0.455. The second-order valence-corrected chi connectivity index (χ2v) is 4.31. The molecule has 0 spiro atoms. The van der Waals surface area contributed by atoms with Gasteiger partial charge in [-0.2, -0.15) is 4.39 Å². The molecule has 0 radical (unpaired) electrons. The van der Waals surface area contributed by atoms with Crippen LogP contribution in [0.2, 0.25) is 0 Å². The molecule has 0 saturated carbocycles. The van der Waals surface area contributed by atoms with E-state index in [0.717, 1.165) is 11.0 Å². The van der Waals surface area contributed by atoms with Crippen LogP contribution in [0.5, 0.6) is 0 Å². The maximum absolute atomic E-state index is 13.7. The molecule has 0 aromatic heterocycles. The third-order valence-corrected chi connectivity index (χ3v) is 3.26. The average Bonchev–Trinajstić information content (AvgIpc) is 2.76. The molecule has 2 aliphatic heterocycles. The number of carbonyl (C=O) groups is 2. The summed E-state index contributed by atoms with van der Waals surface area (Å²) in [6.07, 6.45) is 4.09. The lowest BCUT2D eigenvalue weighted by atomic mass is 9.98. The summed E-state index contributed by atoms with van der Waals surface area (Å²) in [6, 6.07) is 0. The third kappa shape index (κ3) is 1.86. The van der Waals surface area contributed by atoms with Gasteiger partial charge in [0.05, 0.1) is 5.92 Å². The SMILES string of the molecule is O=C(O)C1CN[C@](C(=O)O)(N2CC=CC=C2F)C1. The molecule has 2 atom stereocenters. The number of rotatable bonds is 3. The first-order valence-electron chi connectivity index (χ1n) is 5.48. The summed E-state index contributed by atoms with van der Waals surface area (Å²) in [7, 11) is 0. The smallest absolute Gasteiger partial charge is 0.344 e. The standard InChI is InChI=1S/C11H13FN2O4/c12-8-3-1-2-4-14(8)11(10(17)18)5-7(6-13-11)9(15)16/h1-3,7,13H,4-6H2,(H,15,16)(H,17,18)/t7?,11-/m0/s1. The summed E-state index contributed by atoms with van der Waals surface area (Å²) in [6.45, 7) is 0.100. The van der Waals surface area contributed by atoms with Crippen LogP contribution in [0.1, 0.15) is 6.42 Å². The van der Waals surface area contributed by atoms with Gasteiger partial charge in [0, 0.05) is 19.5 Å². The minimum absolute atomic E-state index is 0.00906. The van der Waals surface area contributed by atoms with Gasteiger partial charge in [-0.1, -0.05) is 12.2 Å². The lowest BCUT2D eigenvalue weighted by Gasteiger charge is -2.38. The summed E-state index contributed by atoms with van der Waals surface area (Å²) in [5, 5.41) is 20.9. The van der Waals surface area contributed by atoms with Crippen molar-refractivity contribution in [1.29, 1.82) is 0 Å². The zero-order chi connectivity index (χ0) is 13.3. The average molecular weight is 256 g/mol. The number of carboxylic acid groups (broad SMARTS) is 2. The molecule has 2 heterocycles. The second kappa shape index (κ2) is 4.41. The van der Waals surface area contributed by atoms with Crippen molar-refractivity contribution >= 4 is 11.9 Å². The van der Waals surface area contributed by atoms with Gasteiger partial charge < -0.3 is 15.1 Å². The molecule has 0 aromatic carbocycles. The lowest BCUT2D eigenvalue weighted by molar-refractivity contribution is -0.153. The van der Waals surface area contributed by atoms with Crippen molar-refractivity contribution < 1.29 is 24.2 Å². The second-order valence-electron chi connectivity index (χ2n) is 4.31. The van der Waals surface area contributed by atoms with Crippen molar-refractivity contribution in [2.24, 2.45) is 5.92 Å². The van der Waals surface area contributed by atoms with Crippen LogP contribution in [0.4, 0.5) is 4.39 Å². The normalized spacial score (nSPS) is 31.3. The Kier molecular flexibility index (Phi) is 3.08. The van der Waals surface area contributed by atoms with E-state index in [4.69, 9.17) is 5.11 Å². The molecule has 0 bridgehead atoms. The van der Waals surface area contributed by atoms with Gasteiger partial charge in [0.2, 0.25) is 0 Å². The van der Waals surface area contributed by atoms with E-state index in [-0.39, 0.29) is 19.5 Å². The highest BCUT2D eigenvalue weighted by atomic mass is 19.1. The third-order valence-electron chi connectivity index (χ3n) is 3.26. The highest BCUT2D eigenvalue weighted by Crippen LogP contribution is 2.32. The van der Waals surface area contributed by atoms with Gasteiger partial charge in [-0.3, -0.25) is 10.1 Å². The molecule has 3 N–H and O–H groups in total. The summed E-state index contributed by atoms with van der Waals surface area (Å²) < 4.78 is 13.7. The van der Waals surface area contributed by atoms with Crippen LogP contribution in [-0.2, 0) is 9.59 Å². The minimum atomic E-state index is -1.69. The Morgan fingerprint density at radius 3 is 2.72 bits per heavy atom. The number of carboxylic acids is 2. The van der Waals surface area contributed by atoms with E-state index in [1.807, 2.05) is 0 Å². The number of aliphatic carboxylic acids is 2. The molecule has 0 aromatic rings. The Morgan fingerprint density at radius 1 is 1.50 bits per heavy atom. The lowest BCUT2D eigenvalue weighted by Crippen LogP contribution is -2.60. The summed E-state index contributed by atoms with van der Waals surface area (Å²) in [4.78, 5) is 23.4. The first-order chi connectivity index (χ1) is 8.47. The highest BCUT2D eigenvalue weighted by molar-refractivity contribution is 5.82. The van der Waals surface area contributed by atoms with Crippen LogP contribution in [0.15, 0.2) is 24.2 Å². The molecule has 18 heavy (non-hydrogen) atoms. The maximum Gasteiger partial charge on any atom is 0.344 e. The Bertz CT molecular complexity index is 448. The molecule has 98 valence electrons. The first-order valence-corrected chi connectivity index (χ1v) is 5.48. The van der Waals surface area contributed by atoms with Crippen molar-refractivity contribution in [2.75, 3.05) is 13.1 Å². The van der Waals surface area contributed by atoms with E-state index in [0.29, 0.717) is 0 Å². The van der Waals surface area contributed by atoms with Gasteiger partial charge in [-0.25, -0.2) is 4.79 Å². The molecule has 0 aliphatic carbocycles. The van der Waals surface area contributed by atoms with Crippen molar-refractivity contribution in [3.05, 3.63) is 24.2 Å². The zero-order valence-corrected chi connectivity index (χ0v) is 9.47. The van der Waals surface area contributed by atoms with Gasteiger partial charge in [0.15, 0.2) is 11.6 Å². The zero-order valence-electron chi connectivity index (χ0n) is 9.47. The Labute approximate surface area is 102 Å². The van der Waals surface area contributed by atoms with E-state index in [9.17, 15) is 19.1 Å². The van der Waals surface area contributed by atoms with E-state index in [1.54, 1.807) is 6.08 Å². The Balaban J connectivity index is 2.30. The molecule has 2 rings (SSSR count). The largest absolute Gasteiger partial charge is 0.481 e. The molecule has 7 heteroatoms. The molecule has 2 aliphatic rings. The highest BCUT2D eigenvalue weighted by Gasteiger charge is 2.52. The Morgan fingerprint density at radius 2 is 2.22 bits per heavy atom. The quantitative estimate of drug-likeness (QED) is 0.622. The van der Waals surface area contributed by atoms with Crippen molar-refractivity contribution in [2.45, 2.75) is 12.1 Å². The number of nitrogens with one attached hydrogen (secondary N) is 1. The van der Waals surface area contributed by atoms with Crippen LogP contribution in [0, 0.1) is 5.92 Å². The molecule has 1 unspecified atom stereocenters. The van der Waals surface area contributed by atoms with Crippen molar-refractivity contribution in [3.63, 3.8) is 0 Å². The number of allylic oxidation sites excluding steroid dienone is 2. The van der Waals surface area contributed by atoms with Gasteiger partial charge in [0.25, 0.3) is 0 Å². The van der Waals surface area contributed by atoms with Crippen LogP contribution < -0.4 is 5.32 Å². The van der Waals surface area contributed by atoms with Crippen LogP contribution >= 0.6 is 0 Å². The van der Waals surface area contributed by atoms with Crippen LogP contribution in [0.25, 0.3) is 0 Å². The topological polar surface area (TPSA) is 89.9 Å². The fourth-order valence-corrected chi connectivity index (χ4v) is 2.28. The van der Waals surface area contributed by atoms with Gasteiger partial charge >= 0.3 is 11.9 Å². The number of halogens is 1. The first kappa shape index (κ1) is 12.6. The van der Waals surface area contributed by atoms with Crippen LogP contribution in [0.3, 0.4) is 0 Å².